The zero-order chi connectivity index (χ0) is 20.1. The van der Waals surface area contributed by atoms with Gasteiger partial charge in [0.1, 0.15) is 11.4 Å². The summed E-state index contributed by atoms with van der Waals surface area (Å²) < 4.78 is 5.21. The molecule has 0 saturated heterocycles. The summed E-state index contributed by atoms with van der Waals surface area (Å²) in [6, 6.07) is 20.8. The Labute approximate surface area is 161 Å². The van der Waals surface area contributed by atoms with E-state index in [0.29, 0.717) is 11.4 Å². The quantitative estimate of drug-likeness (QED) is 0.479. The first-order valence-electron chi connectivity index (χ1n) is 8.53. The Morgan fingerprint density at radius 1 is 1.04 bits per heavy atom. The van der Waals surface area contributed by atoms with Gasteiger partial charge in [0, 0.05) is 11.6 Å². The first kappa shape index (κ1) is 18.9. The fraction of sp³-hybridized carbons (Fsp3) is 0.0952. The molecule has 1 amide bonds. The normalized spacial score (nSPS) is 11.5. The number of primary amides is 1. The average Bonchev–Trinajstić information content (AvgIpc) is 2.72. The van der Waals surface area contributed by atoms with Gasteiger partial charge in [-0.3, -0.25) is 14.9 Å². The van der Waals surface area contributed by atoms with E-state index >= 15 is 0 Å². The van der Waals surface area contributed by atoms with Crippen molar-refractivity contribution in [1.82, 2.24) is 0 Å². The number of hydrogen-bond acceptors (Lipinski definition) is 5. The number of nitrogens with one attached hydrogen (secondary N) is 1. The molecule has 142 valence electrons. The minimum Gasteiger partial charge on any atom is -0.497 e. The molecule has 1 atom stereocenters. The predicted molar refractivity (Wildman–Crippen MR) is 107 cm³/mol. The highest BCUT2D eigenvalue weighted by Gasteiger charge is 2.21. The van der Waals surface area contributed by atoms with Gasteiger partial charge < -0.3 is 15.8 Å². The summed E-state index contributed by atoms with van der Waals surface area (Å²) in [6.07, 6.45) is 0. The monoisotopic (exact) mass is 377 g/mol. The van der Waals surface area contributed by atoms with E-state index in [1.807, 2.05) is 54.6 Å². The molecule has 0 aliphatic heterocycles. The van der Waals surface area contributed by atoms with Gasteiger partial charge in [-0.25, -0.2) is 0 Å². The van der Waals surface area contributed by atoms with Gasteiger partial charge >= 0.3 is 0 Å². The number of carbonyl (C=O) groups excluding carboxylic acids is 1. The van der Waals surface area contributed by atoms with E-state index in [-0.39, 0.29) is 17.3 Å². The van der Waals surface area contributed by atoms with Crippen LogP contribution >= 0.6 is 0 Å². The second kappa shape index (κ2) is 8.22. The van der Waals surface area contributed by atoms with Crippen LogP contribution in [0.1, 0.15) is 27.5 Å². The van der Waals surface area contributed by atoms with Crippen molar-refractivity contribution in [3.8, 4) is 5.75 Å². The van der Waals surface area contributed by atoms with Crippen molar-refractivity contribution >= 4 is 17.3 Å². The lowest BCUT2D eigenvalue weighted by molar-refractivity contribution is -0.384. The summed E-state index contributed by atoms with van der Waals surface area (Å²) in [4.78, 5) is 22.4. The summed E-state index contributed by atoms with van der Waals surface area (Å²) >= 11 is 0. The summed E-state index contributed by atoms with van der Waals surface area (Å²) in [5, 5.41) is 14.8. The Morgan fingerprint density at radius 3 is 2.25 bits per heavy atom. The number of benzene rings is 3. The highest BCUT2D eigenvalue weighted by Crippen LogP contribution is 2.33. The van der Waals surface area contributed by atoms with Gasteiger partial charge in [0.25, 0.3) is 5.69 Å². The maximum Gasteiger partial charge on any atom is 0.293 e. The van der Waals surface area contributed by atoms with Crippen LogP contribution in [0, 0.1) is 10.1 Å². The molecule has 0 spiro atoms. The zero-order valence-electron chi connectivity index (χ0n) is 15.2. The van der Waals surface area contributed by atoms with Crippen molar-refractivity contribution in [2.24, 2.45) is 5.73 Å². The van der Waals surface area contributed by atoms with Crippen LogP contribution in [0.4, 0.5) is 11.4 Å². The van der Waals surface area contributed by atoms with Crippen LogP contribution in [-0.4, -0.2) is 17.9 Å². The molecule has 0 radical (unpaired) electrons. The Morgan fingerprint density at radius 2 is 1.68 bits per heavy atom. The van der Waals surface area contributed by atoms with E-state index in [9.17, 15) is 14.9 Å². The number of methoxy groups -OCH3 is 1. The van der Waals surface area contributed by atoms with Gasteiger partial charge in [-0.2, -0.15) is 0 Å². The summed E-state index contributed by atoms with van der Waals surface area (Å²) in [7, 11) is 1.59. The van der Waals surface area contributed by atoms with Crippen LogP contribution in [0.3, 0.4) is 0 Å². The topological polar surface area (TPSA) is 107 Å². The van der Waals surface area contributed by atoms with E-state index in [4.69, 9.17) is 10.5 Å². The van der Waals surface area contributed by atoms with Crippen molar-refractivity contribution < 1.29 is 14.5 Å². The minimum atomic E-state index is -0.718. The third-order valence-corrected chi connectivity index (χ3v) is 4.36. The standard InChI is InChI=1S/C21H19N3O4/c1-28-17-10-7-15(8-11-17)20(14-5-3-2-4-6-14)23-18-12-9-16(21(22)25)13-19(18)24(26)27/h2-13,20,23H,1H3,(H2,22,25)/t20-/m0/s1. The van der Waals surface area contributed by atoms with E-state index in [2.05, 4.69) is 5.32 Å². The second-order valence-electron chi connectivity index (χ2n) is 6.11. The molecular weight excluding hydrogens is 358 g/mol. The maximum atomic E-state index is 11.5. The minimum absolute atomic E-state index is 0.0814. The molecular formula is C21H19N3O4. The van der Waals surface area contributed by atoms with Crippen molar-refractivity contribution in [3.05, 3.63) is 99.6 Å². The van der Waals surface area contributed by atoms with Gasteiger partial charge in [-0.05, 0) is 35.4 Å². The number of nitrogens with zero attached hydrogens (tertiary/aromatic N) is 1. The SMILES string of the molecule is COc1ccc([C@@H](Nc2ccc(C(N)=O)cc2[N+](=O)[O-])c2ccccc2)cc1. The number of rotatable bonds is 7. The van der Waals surface area contributed by atoms with Crippen LogP contribution in [-0.2, 0) is 0 Å². The lowest BCUT2D eigenvalue weighted by Gasteiger charge is -2.21. The fourth-order valence-electron chi connectivity index (χ4n) is 2.91. The molecule has 3 aromatic rings. The molecule has 0 aliphatic rings. The number of amides is 1. The van der Waals surface area contributed by atoms with Crippen LogP contribution in [0.15, 0.2) is 72.8 Å². The van der Waals surface area contributed by atoms with Crippen molar-refractivity contribution in [1.29, 1.82) is 0 Å². The smallest absolute Gasteiger partial charge is 0.293 e. The zero-order valence-corrected chi connectivity index (χ0v) is 15.2. The summed E-state index contributed by atoms with van der Waals surface area (Å²) in [5.41, 5.74) is 7.24. The van der Waals surface area contributed by atoms with Crippen LogP contribution in [0.25, 0.3) is 0 Å². The fourth-order valence-corrected chi connectivity index (χ4v) is 2.91. The Balaban J connectivity index is 2.04. The Kier molecular flexibility index (Phi) is 5.55. The third-order valence-electron chi connectivity index (χ3n) is 4.36. The number of ether oxygens (including phenoxy) is 1. The van der Waals surface area contributed by atoms with Crippen LogP contribution < -0.4 is 15.8 Å². The Hall–Kier alpha value is -3.87. The first-order valence-corrected chi connectivity index (χ1v) is 8.53. The molecule has 3 aromatic carbocycles. The molecule has 3 rings (SSSR count). The van der Waals surface area contributed by atoms with Crippen LogP contribution in [0.5, 0.6) is 5.75 Å². The Bertz CT molecular complexity index is 988. The van der Waals surface area contributed by atoms with E-state index in [1.165, 1.54) is 18.2 Å². The molecule has 0 saturated carbocycles. The van der Waals surface area contributed by atoms with Crippen molar-refractivity contribution in [2.75, 3.05) is 12.4 Å². The number of hydrogen-bond donors (Lipinski definition) is 2. The molecule has 0 aromatic heterocycles. The lowest BCUT2D eigenvalue weighted by Crippen LogP contribution is -2.15. The number of nitrogens with two attached hydrogens (primary N) is 1. The third kappa shape index (κ3) is 4.09. The van der Waals surface area contributed by atoms with E-state index in [1.54, 1.807) is 7.11 Å². The van der Waals surface area contributed by atoms with Gasteiger partial charge in [-0.15, -0.1) is 0 Å². The van der Waals surface area contributed by atoms with Gasteiger partial charge in [0.05, 0.1) is 18.1 Å². The number of carbonyl (C=O) groups is 1. The van der Waals surface area contributed by atoms with Crippen molar-refractivity contribution in [2.45, 2.75) is 6.04 Å². The molecule has 0 fully saturated rings. The summed E-state index contributed by atoms with van der Waals surface area (Å²) in [6.45, 7) is 0. The number of nitro groups is 1. The van der Waals surface area contributed by atoms with Crippen molar-refractivity contribution in [3.63, 3.8) is 0 Å². The highest BCUT2D eigenvalue weighted by atomic mass is 16.6. The van der Waals surface area contributed by atoms with Gasteiger partial charge in [-0.1, -0.05) is 42.5 Å². The largest absolute Gasteiger partial charge is 0.497 e. The molecule has 7 nitrogen and oxygen atoms in total. The van der Waals surface area contributed by atoms with E-state index in [0.717, 1.165) is 11.1 Å². The molecule has 0 bridgehead atoms. The first-order chi connectivity index (χ1) is 13.5. The molecule has 0 unspecified atom stereocenters. The molecule has 3 N–H and O–H groups in total. The number of nitro benzene ring substituents is 1. The molecule has 28 heavy (non-hydrogen) atoms. The maximum absolute atomic E-state index is 11.5. The van der Waals surface area contributed by atoms with E-state index < -0.39 is 10.8 Å². The van der Waals surface area contributed by atoms with Gasteiger partial charge in [0.15, 0.2) is 0 Å². The molecule has 0 heterocycles. The second-order valence-corrected chi connectivity index (χ2v) is 6.11. The van der Waals surface area contributed by atoms with Crippen LogP contribution in [0.2, 0.25) is 0 Å². The molecule has 7 heteroatoms. The summed E-state index contributed by atoms with van der Waals surface area (Å²) in [5.74, 6) is -0.00299. The number of anilines is 1. The highest BCUT2D eigenvalue weighted by molar-refractivity contribution is 5.94. The molecule has 0 aliphatic carbocycles. The predicted octanol–water partition coefficient (Wildman–Crippen LogP) is 3.90. The average molecular weight is 377 g/mol. The lowest BCUT2D eigenvalue weighted by atomic mass is 9.98. The van der Waals surface area contributed by atoms with Gasteiger partial charge in [0.2, 0.25) is 5.91 Å².